The zero-order valence-electron chi connectivity index (χ0n) is 22.7. The monoisotopic (exact) mass is 460 g/mol. The highest BCUT2D eigenvalue weighted by Gasteiger charge is 2.06. The quantitative estimate of drug-likeness (QED) is 0.186. The molecule has 1 fully saturated rings. The molecule has 0 unspecified atom stereocenters. The van der Waals surface area contributed by atoms with E-state index >= 15 is 0 Å². The second kappa shape index (κ2) is 38.1. The SMILES string of the molecule is CCCCCCCCCCN.CCCCNCCCC.NC1CCCCC1.NCCCN. The average molecular weight is 460 g/mol. The van der Waals surface area contributed by atoms with E-state index in [0.29, 0.717) is 6.04 Å². The van der Waals surface area contributed by atoms with Crippen molar-refractivity contribution in [1.82, 2.24) is 5.32 Å². The molecular formula is C27H65N5. The highest BCUT2D eigenvalue weighted by molar-refractivity contribution is 4.66. The molecule has 1 rings (SSSR count). The highest BCUT2D eigenvalue weighted by atomic mass is 14.8. The fourth-order valence-corrected chi connectivity index (χ4v) is 3.26. The third-order valence-corrected chi connectivity index (χ3v) is 5.53. The minimum absolute atomic E-state index is 0.536. The Hall–Kier alpha value is -0.200. The van der Waals surface area contributed by atoms with Crippen LogP contribution in [0.5, 0.6) is 0 Å². The van der Waals surface area contributed by atoms with Crippen LogP contribution in [0.2, 0.25) is 0 Å². The predicted molar refractivity (Wildman–Crippen MR) is 148 cm³/mol. The summed E-state index contributed by atoms with van der Waals surface area (Å²) >= 11 is 0. The summed E-state index contributed by atoms with van der Waals surface area (Å²) < 4.78 is 0. The van der Waals surface area contributed by atoms with E-state index in [2.05, 4.69) is 26.1 Å². The fraction of sp³-hybridized carbons (Fsp3) is 1.00. The van der Waals surface area contributed by atoms with Gasteiger partial charge in [-0.15, -0.1) is 0 Å². The van der Waals surface area contributed by atoms with Crippen molar-refractivity contribution in [2.24, 2.45) is 22.9 Å². The Morgan fingerprint density at radius 1 is 0.531 bits per heavy atom. The van der Waals surface area contributed by atoms with Gasteiger partial charge in [-0.1, -0.05) is 97.8 Å². The molecule has 0 aromatic carbocycles. The average Bonchev–Trinajstić information content (AvgIpc) is 2.81. The first-order valence-electron chi connectivity index (χ1n) is 14.2. The second-order valence-electron chi connectivity index (χ2n) is 9.05. The molecule has 0 saturated heterocycles. The van der Waals surface area contributed by atoms with Crippen LogP contribution in [0.15, 0.2) is 0 Å². The maximum Gasteiger partial charge on any atom is 0.00388 e. The molecule has 0 atom stereocenters. The number of rotatable bonds is 16. The van der Waals surface area contributed by atoms with E-state index < -0.39 is 0 Å². The van der Waals surface area contributed by atoms with Gasteiger partial charge in [-0.2, -0.15) is 0 Å². The first-order chi connectivity index (χ1) is 15.6. The van der Waals surface area contributed by atoms with Gasteiger partial charge in [0.05, 0.1) is 0 Å². The molecule has 198 valence electrons. The second-order valence-corrected chi connectivity index (χ2v) is 9.05. The first kappa shape index (κ1) is 36.4. The summed E-state index contributed by atoms with van der Waals surface area (Å²) in [4.78, 5) is 0. The molecule has 9 N–H and O–H groups in total. The van der Waals surface area contributed by atoms with Crippen molar-refractivity contribution >= 4 is 0 Å². The number of nitrogens with two attached hydrogens (primary N) is 4. The molecule has 0 spiro atoms. The van der Waals surface area contributed by atoms with Gasteiger partial charge in [0.15, 0.2) is 0 Å². The van der Waals surface area contributed by atoms with Crippen LogP contribution < -0.4 is 28.3 Å². The van der Waals surface area contributed by atoms with E-state index in [4.69, 9.17) is 22.9 Å². The van der Waals surface area contributed by atoms with E-state index in [9.17, 15) is 0 Å². The van der Waals surface area contributed by atoms with Crippen molar-refractivity contribution < 1.29 is 0 Å². The van der Waals surface area contributed by atoms with Gasteiger partial charge in [-0.3, -0.25) is 0 Å². The van der Waals surface area contributed by atoms with Gasteiger partial charge in [0.2, 0.25) is 0 Å². The van der Waals surface area contributed by atoms with Gasteiger partial charge in [0, 0.05) is 6.04 Å². The highest BCUT2D eigenvalue weighted by Crippen LogP contribution is 2.14. The molecule has 0 radical (unpaired) electrons. The van der Waals surface area contributed by atoms with Crippen molar-refractivity contribution in [3.8, 4) is 0 Å². The number of hydrogen-bond acceptors (Lipinski definition) is 5. The molecule has 1 aliphatic carbocycles. The van der Waals surface area contributed by atoms with Crippen molar-refractivity contribution in [3.05, 3.63) is 0 Å². The standard InChI is InChI=1S/C10H23N.C8H19N.C6H13N.C3H10N2/c1-2-3-4-5-6-7-8-9-10-11;1-3-5-7-9-8-6-4-2;7-6-4-2-1-3-5-6;4-2-1-3-5/h2-11H2,1H3;9H,3-8H2,1-2H3;6H,1-5,7H2;1-5H2. The lowest BCUT2D eigenvalue weighted by Gasteiger charge is -2.15. The molecule has 1 saturated carbocycles. The van der Waals surface area contributed by atoms with Crippen LogP contribution in [-0.4, -0.2) is 38.8 Å². The Morgan fingerprint density at radius 2 is 0.938 bits per heavy atom. The van der Waals surface area contributed by atoms with E-state index in [-0.39, 0.29) is 0 Å². The van der Waals surface area contributed by atoms with Crippen LogP contribution in [0.3, 0.4) is 0 Å². The smallest absolute Gasteiger partial charge is 0.00388 e. The summed E-state index contributed by atoms with van der Waals surface area (Å²) in [5.41, 5.74) is 21.1. The van der Waals surface area contributed by atoms with Crippen molar-refractivity contribution in [2.75, 3.05) is 32.7 Å². The summed E-state index contributed by atoms with van der Waals surface area (Å²) in [6, 6.07) is 0.536. The summed E-state index contributed by atoms with van der Waals surface area (Å²) in [6.45, 7) is 11.4. The van der Waals surface area contributed by atoms with Crippen molar-refractivity contribution in [3.63, 3.8) is 0 Å². The lowest BCUT2D eigenvalue weighted by molar-refractivity contribution is 0.441. The fourth-order valence-electron chi connectivity index (χ4n) is 3.26. The van der Waals surface area contributed by atoms with Gasteiger partial charge in [0.25, 0.3) is 0 Å². The van der Waals surface area contributed by atoms with E-state index in [1.165, 1.54) is 122 Å². The minimum atomic E-state index is 0.536. The molecule has 0 aromatic heterocycles. The molecular weight excluding hydrogens is 394 g/mol. The summed E-state index contributed by atoms with van der Waals surface area (Å²) in [6.07, 6.45) is 23.8. The zero-order chi connectivity index (χ0) is 24.5. The Balaban J connectivity index is -0.000000363. The third kappa shape index (κ3) is 43.6. The zero-order valence-corrected chi connectivity index (χ0v) is 22.7. The summed E-state index contributed by atoms with van der Waals surface area (Å²) in [5.74, 6) is 0. The topological polar surface area (TPSA) is 116 Å². The molecule has 0 aromatic rings. The lowest BCUT2D eigenvalue weighted by Crippen LogP contribution is -2.22. The van der Waals surface area contributed by atoms with Gasteiger partial charge in [0.1, 0.15) is 0 Å². The van der Waals surface area contributed by atoms with Crippen LogP contribution in [-0.2, 0) is 0 Å². The molecule has 0 bridgehead atoms. The van der Waals surface area contributed by atoms with Crippen LogP contribution in [0.4, 0.5) is 0 Å². The van der Waals surface area contributed by atoms with Gasteiger partial charge < -0.3 is 28.3 Å². The molecule has 5 nitrogen and oxygen atoms in total. The summed E-state index contributed by atoms with van der Waals surface area (Å²) in [7, 11) is 0. The van der Waals surface area contributed by atoms with Crippen molar-refractivity contribution in [2.45, 2.75) is 142 Å². The number of hydrogen-bond donors (Lipinski definition) is 5. The Kier molecular flexibility index (Phi) is 43.3. The maximum absolute atomic E-state index is 5.63. The predicted octanol–water partition coefficient (Wildman–Crippen LogP) is 5.83. The molecule has 0 heterocycles. The summed E-state index contributed by atoms with van der Waals surface area (Å²) in [5, 5.41) is 3.39. The third-order valence-electron chi connectivity index (χ3n) is 5.53. The Bertz CT molecular complexity index is 255. The van der Waals surface area contributed by atoms with Crippen LogP contribution >= 0.6 is 0 Å². The molecule has 1 aliphatic rings. The number of unbranched alkanes of at least 4 members (excludes halogenated alkanes) is 9. The van der Waals surface area contributed by atoms with E-state index in [1.807, 2.05) is 0 Å². The van der Waals surface area contributed by atoms with Crippen LogP contribution in [0.1, 0.15) is 136 Å². The van der Waals surface area contributed by atoms with Gasteiger partial charge in [-0.25, -0.2) is 0 Å². The molecule has 0 aliphatic heterocycles. The van der Waals surface area contributed by atoms with E-state index in [0.717, 1.165) is 26.1 Å². The van der Waals surface area contributed by atoms with Gasteiger partial charge in [-0.05, 0) is 71.2 Å². The number of nitrogens with one attached hydrogen (secondary N) is 1. The molecule has 32 heavy (non-hydrogen) atoms. The Morgan fingerprint density at radius 3 is 1.25 bits per heavy atom. The maximum atomic E-state index is 5.63. The van der Waals surface area contributed by atoms with Crippen LogP contribution in [0, 0.1) is 0 Å². The minimum Gasteiger partial charge on any atom is -0.330 e. The van der Waals surface area contributed by atoms with Crippen LogP contribution in [0.25, 0.3) is 0 Å². The normalized spacial score (nSPS) is 13.2. The first-order valence-corrected chi connectivity index (χ1v) is 14.2. The van der Waals surface area contributed by atoms with E-state index in [1.54, 1.807) is 0 Å². The van der Waals surface area contributed by atoms with Crippen molar-refractivity contribution in [1.29, 1.82) is 0 Å². The molecule has 5 heteroatoms. The lowest BCUT2D eigenvalue weighted by atomic mass is 9.97. The largest absolute Gasteiger partial charge is 0.330 e. The Labute approximate surface area is 203 Å². The molecule has 0 amide bonds. The van der Waals surface area contributed by atoms with Gasteiger partial charge >= 0.3 is 0 Å².